The van der Waals surface area contributed by atoms with Gasteiger partial charge in [-0.15, -0.1) is 4.68 Å². The van der Waals surface area contributed by atoms with E-state index in [1.165, 1.54) is 19.4 Å². The van der Waals surface area contributed by atoms with Gasteiger partial charge in [-0.1, -0.05) is 5.10 Å². The van der Waals surface area contributed by atoms with Gasteiger partial charge in [0.05, 0.1) is 60.6 Å². The van der Waals surface area contributed by atoms with Gasteiger partial charge in [-0.3, -0.25) is 9.29 Å². The molecule has 0 atom stereocenters. The van der Waals surface area contributed by atoms with E-state index in [1.807, 2.05) is 6.07 Å². The zero-order valence-corrected chi connectivity index (χ0v) is 25.8. The molecule has 0 amide bonds. The maximum atomic E-state index is 13.0. The van der Waals surface area contributed by atoms with E-state index in [-0.39, 0.29) is 35.8 Å². The lowest BCUT2D eigenvalue weighted by Gasteiger charge is -2.31. The van der Waals surface area contributed by atoms with Crippen LogP contribution in [0.4, 0.5) is 23.3 Å². The van der Waals surface area contributed by atoms with E-state index in [9.17, 15) is 18.5 Å². The van der Waals surface area contributed by atoms with Crippen molar-refractivity contribution in [3.63, 3.8) is 0 Å². The molecule has 4 aromatic heterocycles. The summed E-state index contributed by atoms with van der Waals surface area (Å²) in [6.07, 6.45) is 10.3. The van der Waals surface area contributed by atoms with Crippen LogP contribution in [0.3, 0.4) is 0 Å². The molecule has 238 valence electrons. The molecule has 0 unspecified atom stereocenters. The van der Waals surface area contributed by atoms with Gasteiger partial charge in [0.15, 0.2) is 0 Å². The first-order chi connectivity index (χ1) is 21.7. The second kappa shape index (κ2) is 12.8. The van der Waals surface area contributed by atoms with Gasteiger partial charge in [0.1, 0.15) is 19.0 Å². The molecule has 6 rings (SSSR count). The smallest absolute Gasteiger partial charge is 0.349 e. The molecule has 4 aromatic rings. The van der Waals surface area contributed by atoms with E-state index in [4.69, 9.17) is 14.5 Å². The summed E-state index contributed by atoms with van der Waals surface area (Å²) in [5.74, 6) is 1.36. The van der Waals surface area contributed by atoms with E-state index in [0.29, 0.717) is 54.9 Å². The summed E-state index contributed by atoms with van der Waals surface area (Å²) in [6.45, 7) is 2.19. The number of pyridine rings is 2. The van der Waals surface area contributed by atoms with Crippen molar-refractivity contribution in [1.82, 2.24) is 29.7 Å². The largest absolute Gasteiger partial charge is 0.474 e. The summed E-state index contributed by atoms with van der Waals surface area (Å²) < 4.78 is 40.3. The summed E-state index contributed by atoms with van der Waals surface area (Å²) in [5.41, 5.74) is 0.962. The molecule has 5 heterocycles. The van der Waals surface area contributed by atoms with Crippen molar-refractivity contribution in [3.05, 3.63) is 58.7 Å². The molecule has 1 saturated heterocycles. The van der Waals surface area contributed by atoms with E-state index in [2.05, 4.69) is 30.3 Å². The van der Waals surface area contributed by atoms with Gasteiger partial charge in [-0.2, -0.15) is 4.98 Å². The lowest BCUT2D eigenvalue weighted by molar-refractivity contribution is -0.393. The van der Waals surface area contributed by atoms with Crippen molar-refractivity contribution in [2.45, 2.75) is 44.4 Å². The van der Waals surface area contributed by atoms with Gasteiger partial charge in [0.2, 0.25) is 21.9 Å². The number of ether oxygens (including phenoxy) is 2. The average molecular weight is 639 g/mol. The van der Waals surface area contributed by atoms with Gasteiger partial charge in [-0.25, -0.2) is 18.4 Å². The molecule has 1 N–H and O–H groups in total. The predicted molar refractivity (Wildman–Crippen MR) is 166 cm³/mol. The third-order valence-corrected chi connectivity index (χ3v) is 9.10. The summed E-state index contributed by atoms with van der Waals surface area (Å²) >= 11 is 0. The minimum atomic E-state index is -3.88. The lowest BCUT2D eigenvalue weighted by atomic mass is 9.93. The number of aryl methyl sites for hydroxylation is 1. The molecule has 0 spiro atoms. The third kappa shape index (κ3) is 6.88. The van der Waals surface area contributed by atoms with Gasteiger partial charge in [0.25, 0.3) is 0 Å². The first kappa shape index (κ1) is 30.4. The predicted octanol–water partition coefficient (Wildman–Crippen LogP) is 2.67. The Hall–Kier alpha value is -4.64. The zero-order valence-electron chi connectivity index (χ0n) is 24.9. The van der Waals surface area contributed by atoms with Crippen LogP contribution < -0.4 is 19.3 Å². The molecule has 2 fully saturated rings. The fourth-order valence-electron chi connectivity index (χ4n) is 5.67. The Balaban J connectivity index is 1.31. The van der Waals surface area contributed by atoms with E-state index < -0.39 is 14.9 Å². The van der Waals surface area contributed by atoms with E-state index in [1.54, 1.807) is 24.5 Å². The first-order valence-corrected chi connectivity index (χ1v) is 16.5. The number of fused-ring (bicyclic) bond motifs is 1. The third-order valence-electron chi connectivity index (χ3n) is 7.96. The number of rotatable bonds is 10. The van der Waals surface area contributed by atoms with Crippen LogP contribution >= 0.6 is 0 Å². The Kier molecular flexibility index (Phi) is 8.62. The monoisotopic (exact) mass is 638 g/mol. The molecule has 1 saturated carbocycles. The van der Waals surface area contributed by atoms with Gasteiger partial charge in [0, 0.05) is 37.6 Å². The molecular formula is C28H34N10O6S. The number of hydrogen-bond donors (Lipinski definition) is 1. The lowest BCUT2D eigenvalue weighted by Crippen LogP contribution is -2.37. The first-order valence-electron chi connectivity index (χ1n) is 14.6. The highest BCUT2D eigenvalue weighted by Crippen LogP contribution is 2.35. The molecule has 16 nitrogen and oxygen atoms in total. The van der Waals surface area contributed by atoms with Gasteiger partial charge < -0.3 is 29.8 Å². The molecule has 0 bridgehead atoms. The Morgan fingerprint density at radius 3 is 2.53 bits per heavy atom. The fraction of sp³-hybridized carbons (Fsp3) is 0.464. The number of nitrogens with zero attached hydrogens (tertiary/aromatic N) is 9. The van der Waals surface area contributed by atoms with Crippen molar-refractivity contribution in [3.8, 4) is 5.88 Å². The zero-order chi connectivity index (χ0) is 31.6. The molecule has 1 aliphatic carbocycles. The molecule has 2 aliphatic rings. The SMILES string of the molecule is Cn1ncc(CN(c2cnc3cc(N4CCOCC4)nc(OC4CCC(Nc5ncccn5)CC4)c3c2)S(C)(=O)=O)c1[N+](=O)[O-]. The summed E-state index contributed by atoms with van der Waals surface area (Å²) in [7, 11) is -2.45. The van der Waals surface area contributed by atoms with Crippen molar-refractivity contribution < 1.29 is 22.8 Å². The molecule has 1 aliphatic heterocycles. The topological polar surface area (TPSA) is 184 Å². The van der Waals surface area contributed by atoms with Gasteiger partial charge >= 0.3 is 5.82 Å². The highest BCUT2D eigenvalue weighted by molar-refractivity contribution is 7.92. The fourth-order valence-corrected chi connectivity index (χ4v) is 6.52. The molecule has 0 radical (unpaired) electrons. The minimum Gasteiger partial charge on any atom is -0.474 e. The van der Waals surface area contributed by atoms with Crippen LogP contribution in [0.1, 0.15) is 31.2 Å². The van der Waals surface area contributed by atoms with Crippen molar-refractivity contribution in [1.29, 1.82) is 0 Å². The molecule has 0 aromatic carbocycles. The Morgan fingerprint density at radius 2 is 1.84 bits per heavy atom. The summed E-state index contributed by atoms with van der Waals surface area (Å²) in [5, 5.41) is 19.6. The average Bonchev–Trinajstić information content (AvgIpc) is 3.41. The Labute approximate surface area is 259 Å². The number of aromatic nitrogens is 6. The van der Waals surface area contributed by atoms with E-state index in [0.717, 1.165) is 40.9 Å². The van der Waals surface area contributed by atoms with Crippen LogP contribution in [0, 0.1) is 10.1 Å². The van der Waals surface area contributed by atoms with Crippen LogP contribution in [-0.4, -0.2) is 87.8 Å². The number of hydrogen-bond acceptors (Lipinski definition) is 13. The number of morpholine rings is 1. The van der Waals surface area contributed by atoms with Crippen molar-refractivity contribution in [2.24, 2.45) is 7.05 Å². The normalized spacial score (nSPS) is 18.9. The number of sulfonamides is 1. The number of anilines is 3. The second-order valence-corrected chi connectivity index (χ2v) is 13.0. The molecular weight excluding hydrogens is 604 g/mol. The summed E-state index contributed by atoms with van der Waals surface area (Å²) in [6, 6.07) is 5.51. The van der Waals surface area contributed by atoms with Gasteiger partial charge in [-0.05, 0) is 42.7 Å². The van der Waals surface area contributed by atoms with Crippen LogP contribution in [0.25, 0.3) is 10.9 Å². The maximum absolute atomic E-state index is 13.0. The van der Waals surface area contributed by atoms with E-state index >= 15 is 0 Å². The molecule has 45 heavy (non-hydrogen) atoms. The van der Waals surface area contributed by atoms with Crippen LogP contribution in [0.5, 0.6) is 5.88 Å². The van der Waals surface area contributed by atoms with Crippen LogP contribution in [0.2, 0.25) is 0 Å². The Morgan fingerprint density at radius 1 is 1.11 bits per heavy atom. The number of nitro groups is 1. The summed E-state index contributed by atoms with van der Waals surface area (Å²) in [4.78, 5) is 31.2. The van der Waals surface area contributed by atoms with Crippen molar-refractivity contribution in [2.75, 3.05) is 47.1 Å². The minimum absolute atomic E-state index is 0.122. The van der Waals surface area contributed by atoms with Crippen LogP contribution in [-0.2, 0) is 28.4 Å². The quantitative estimate of drug-likeness (QED) is 0.198. The highest BCUT2D eigenvalue weighted by atomic mass is 32.2. The van der Waals surface area contributed by atoms with Crippen LogP contribution in [0.15, 0.2) is 43.0 Å². The highest BCUT2D eigenvalue weighted by Gasteiger charge is 2.28. The second-order valence-electron chi connectivity index (χ2n) is 11.1. The Bertz CT molecular complexity index is 1770. The standard InChI is InChI=1S/C28H34N10O6S/c1-35-27(38(39)40)19(16-32-35)18-37(45(2,41)42)21-14-23-24(31-17-21)15-25(36-10-12-43-13-11-36)34-26(23)44-22-6-4-20(5-7-22)33-28-29-8-3-9-30-28/h3,8-9,14-17,20,22H,4-7,10-13,18H2,1-2H3,(H,29,30,33). The maximum Gasteiger partial charge on any atom is 0.349 e. The molecule has 17 heteroatoms. The van der Waals surface area contributed by atoms with Crippen molar-refractivity contribution >= 4 is 44.2 Å². The number of nitrogens with one attached hydrogen (secondary N) is 1.